The molecular weight excluding hydrogens is 287 g/mol. The number of rotatable bonds is 5. The number of anilines is 1. The van der Waals surface area contributed by atoms with Crippen molar-refractivity contribution in [1.29, 1.82) is 0 Å². The minimum absolute atomic E-state index is 0.138. The van der Waals surface area contributed by atoms with Crippen LogP contribution in [0.1, 0.15) is 17.4 Å². The number of carbonyl (C=O) groups excluding carboxylic acids is 1. The zero-order valence-electron chi connectivity index (χ0n) is 12.8. The van der Waals surface area contributed by atoms with Crippen LogP contribution in [-0.4, -0.2) is 36.7 Å². The molecule has 0 aliphatic carbocycles. The molecule has 0 saturated heterocycles. The van der Waals surface area contributed by atoms with Gasteiger partial charge in [0.1, 0.15) is 11.6 Å². The highest BCUT2D eigenvalue weighted by Gasteiger charge is 2.16. The number of nitrogens with one attached hydrogen (secondary N) is 2. The van der Waals surface area contributed by atoms with Crippen LogP contribution in [0.5, 0.6) is 0 Å². The van der Waals surface area contributed by atoms with Crippen molar-refractivity contribution in [2.24, 2.45) is 0 Å². The molecular formula is C15H19FN4O2. The summed E-state index contributed by atoms with van der Waals surface area (Å²) in [4.78, 5) is 13.8. The highest BCUT2D eigenvalue weighted by molar-refractivity contribution is 5.88. The van der Waals surface area contributed by atoms with E-state index in [2.05, 4.69) is 15.8 Å². The van der Waals surface area contributed by atoms with E-state index in [1.807, 2.05) is 25.1 Å². The summed E-state index contributed by atoms with van der Waals surface area (Å²) >= 11 is 0. The lowest BCUT2D eigenvalue weighted by Gasteiger charge is -2.25. The van der Waals surface area contributed by atoms with E-state index in [4.69, 9.17) is 4.52 Å². The largest absolute Gasteiger partial charge is 0.360 e. The zero-order chi connectivity index (χ0) is 16.1. The summed E-state index contributed by atoms with van der Waals surface area (Å²) in [5, 5.41) is 9.00. The van der Waals surface area contributed by atoms with Crippen molar-refractivity contribution in [2.75, 3.05) is 26.0 Å². The molecule has 0 spiro atoms. The number of likely N-dealkylation sites (N-methyl/N-ethyl adjacent to an activating group) is 1. The Kier molecular flexibility index (Phi) is 5.11. The fourth-order valence-electron chi connectivity index (χ4n) is 2.09. The SMILES string of the molecule is Cc1cc(NC(=O)NC[C@H](c2cccc(F)c2)N(C)C)no1. The van der Waals surface area contributed by atoms with Crippen LogP contribution in [-0.2, 0) is 0 Å². The number of carbonyl (C=O) groups is 1. The van der Waals surface area contributed by atoms with Crippen LogP contribution in [0.3, 0.4) is 0 Å². The van der Waals surface area contributed by atoms with Gasteiger partial charge in [-0.05, 0) is 38.7 Å². The van der Waals surface area contributed by atoms with Crippen LogP contribution >= 0.6 is 0 Å². The maximum absolute atomic E-state index is 13.3. The van der Waals surface area contributed by atoms with Crippen LogP contribution in [0.25, 0.3) is 0 Å². The van der Waals surface area contributed by atoms with E-state index < -0.39 is 6.03 Å². The van der Waals surface area contributed by atoms with Crippen molar-refractivity contribution >= 4 is 11.8 Å². The van der Waals surface area contributed by atoms with Crippen LogP contribution in [0.2, 0.25) is 0 Å². The minimum Gasteiger partial charge on any atom is -0.360 e. The number of aromatic nitrogens is 1. The molecule has 7 heteroatoms. The maximum Gasteiger partial charge on any atom is 0.320 e. The van der Waals surface area contributed by atoms with Crippen molar-refractivity contribution in [3.05, 3.63) is 47.5 Å². The molecule has 2 rings (SSSR count). The molecule has 0 bridgehead atoms. The summed E-state index contributed by atoms with van der Waals surface area (Å²) < 4.78 is 18.2. The maximum atomic E-state index is 13.3. The Bertz CT molecular complexity index is 642. The van der Waals surface area contributed by atoms with Crippen molar-refractivity contribution < 1.29 is 13.7 Å². The first kappa shape index (κ1) is 16.0. The average molecular weight is 306 g/mol. The summed E-state index contributed by atoms with van der Waals surface area (Å²) in [6.45, 7) is 2.07. The third kappa shape index (κ3) is 4.29. The molecule has 0 aliphatic heterocycles. The van der Waals surface area contributed by atoms with Gasteiger partial charge < -0.3 is 14.7 Å². The number of nitrogens with zero attached hydrogens (tertiary/aromatic N) is 2. The van der Waals surface area contributed by atoms with E-state index in [0.717, 1.165) is 5.56 Å². The Morgan fingerprint density at radius 3 is 2.77 bits per heavy atom. The number of amides is 2. The molecule has 0 fully saturated rings. The highest BCUT2D eigenvalue weighted by Crippen LogP contribution is 2.18. The normalized spacial score (nSPS) is 12.2. The van der Waals surface area contributed by atoms with Gasteiger partial charge in [0.05, 0.1) is 6.04 Å². The molecule has 1 aromatic carbocycles. The van der Waals surface area contributed by atoms with Gasteiger partial charge in [0, 0.05) is 12.6 Å². The summed E-state index contributed by atoms with van der Waals surface area (Å²) in [5.41, 5.74) is 0.794. The molecule has 118 valence electrons. The van der Waals surface area contributed by atoms with E-state index >= 15 is 0 Å². The lowest BCUT2D eigenvalue weighted by Crippen LogP contribution is -2.37. The molecule has 2 amide bonds. The number of urea groups is 1. The van der Waals surface area contributed by atoms with Crippen molar-refractivity contribution in [2.45, 2.75) is 13.0 Å². The van der Waals surface area contributed by atoms with Gasteiger partial charge in [-0.2, -0.15) is 0 Å². The molecule has 0 saturated carbocycles. The van der Waals surface area contributed by atoms with Crippen LogP contribution < -0.4 is 10.6 Å². The molecule has 6 nitrogen and oxygen atoms in total. The second kappa shape index (κ2) is 7.04. The van der Waals surface area contributed by atoms with Gasteiger partial charge in [-0.15, -0.1) is 0 Å². The monoisotopic (exact) mass is 306 g/mol. The number of aryl methyl sites for hydroxylation is 1. The number of hydrogen-bond donors (Lipinski definition) is 2. The van der Waals surface area contributed by atoms with Crippen molar-refractivity contribution in [1.82, 2.24) is 15.4 Å². The van der Waals surface area contributed by atoms with Gasteiger partial charge in [-0.25, -0.2) is 9.18 Å². The minimum atomic E-state index is -0.392. The number of hydrogen-bond acceptors (Lipinski definition) is 4. The average Bonchev–Trinajstić information content (AvgIpc) is 2.84. The molecule has 0 radical (unpaired) electrons. The van der Waals surface area contributed by atoms with E-state index in [1.54, 1.807) is 19.1 Å². The Labute approximate surface area is 128 Å². The topological polar surface area (TPSA) is 70.4 Å². The van der Waals surface area contributed by atoms with Crippen LogP contribution in [0.15, 0.2) is 34.9 Å². The number of halogens is 1. The van der Waals surface area contributed by atoms with E-state index in [-0.39, 0.29) is 11.9 Å². The molecule has 0 aliphatic rings. The third-order valence-electron chi connectivity index (χ3n) is 3.18. The first-order valence-electron chi connectivity index (χ1n) is 6.86. The Hall–Kier alpha value is -2.41. The molecule has 2 N–H and O–H groups in total. The standard InChI is InChI=1S/C15H19FN4O2/c1-10-7-14(19-22-10)18-15(21)17-9-13(20(2)3)11-5-4-6-12(16)8-11/h4-8,13H,9H2,1-3H3,(H2,17,18,19,21)/t13-/m1/s1. The molecule has 2 aromatic rings. The van der Waals surface area contributed by atoms with Gasteiger partial charge in [-0.3, -0.25) is 5.32 Å². The third-order valence-corrected chi connectivity index (χ3v) is 3.18. The predicted octanol–water partition coefficient (Wildman–Crippen LogP) is 2.55. The van der Waals surface area contributed by atoms with Gasteiger partial charge >= 0.3 is 6.03 Å². The first-order chi connectivity index (χ1) is 10.5. The first-order valence-corrected chi connectivity index (χ1v) is 6.86. The fourth-order valence-corrected chi connectivity index (χ4v) is 2.09. The fraction of sp³-hybridized carbons (Fsp3) is 0.333. The summed E-state index contributed by atoms with van der Waals surface area (Å²) in [5.74, 6) is 0.662. The lowest BCUT2D eigenvalue weighted by atomic mass is 10.1. The van der Waals surface area contributed by atoms with Gasteiger partial charge in [0.25, 0.3) is 0 Å². The Morgan fingerprint density at radius 1 is 1.41 bits per heavy atom. The zero-order valence-corrected chi connectivity index (χ0v) is 12.8. The van der Waals surface area contributed by atoms with E-state index in [1.165, 1.54) is 12.1 Å². The lowest BCUT2D eigenvalue weighted by molar-refractivity contribution is 0.243. The summed E-state index contributed by atoms with van der Waals surface area (Å²) in [7, 11) is 3.74. The van der Waals surface area contributed by atoms with Gasteiger partial charge in [0.2, 0.25) is 0 Å². The second-order valence-corrected chi connectivity index (χ2v) is 5.19. The smallest absolute Gasteiger partial charge is 0.320 e. The molecule has 1 atom stereocenters. The van der Waals surface area contributed by atoms with Crippen LogP contribution in [0.4, 0.5) is 15.0 Å². The van der Waals surface area contributed by atoms with Crippen molar-refractivity contribution in [3.8, 4) is 0 Å². The highest BCUT2D eigenvalue weighted by atomic mass is 19.1. The molecule has 22 heavy (non-hydrogen) atoms. The van der Waals surface area contributed by atoms with E-state index in [0.29, 0.717) is 18.1 Å². The summed E-state index contributed by atoms with van der Waals surface area (Å²) in [6, 6.07) is 7.43. The molecule has 0 unspecified atom stereocenters. The molecule has 1 heterocycles. The van der Waals surface area contributed by atoms with Gasteiger partial charge in [0.15, 0.2) is 5.82 Å². The van der Waals surface area contributed by atoms with Crippen molar-refractivity contribution in [3.63, 3.8) is 0 Å². The van der Waals surface area contributed by atoms with Crippen LogP contribution in [0, 0.1) is 12.7 Å². The number of benzene rings is 1. The van der Waals surface area contributed by atoms with Gasteiger partial charge in [-0.1, -0.05) is 17.3 Å². The quantitative estimate of drug-likeness (QED) is 0.890. The predicted molar refractivity (Wildman–Crippen MR) is 81.1 cm³/mol. The summed E-state index contributed by atoms with van der Waals surface area (Å²) in [6.07, 6.45) is 0. The Morgan fingerprint density at radius 2 is 2.18 bits per heavy atom. The van der Waals surface area contributed by atoms with E-state index in [9.17, 15) is 9.18 Å². The second-order valence-electron chi connectivity index (χ2n) is 5.19. The molecule has 1 aromatic heterocycles. The Balaban J connectivity index is 1.95.